The Hall–Kier alpha value is -2.43. The average Bonchev–Trinajstić information content (AvgIpc) is 3.33. The highest BCUT2D eigenvalue weighted by Crippen LogP contribution is 2.42. The van der Waals surface area contributed by atoms with Gasteiger partial charge in [0.05, 0.1) is 26.0 Å². The molecule has 0 aromatic heterocycles. The van der Waals surface area contributed by atoms with Crippen LogP contribution in [0.2, 0.25) is 0 Å². The molecule has 34 heavy (non-hydrogen) atoms. The molecule has 1 heterocycles. The van der Waals surface area contributed by atoms with Crippen molar-refractivity contribution in [2.75, 3.05) is 51.4 Å². The van der Waals surface area contributed by atoms with Gasteiger partial charge in [-0.05, 0) is 37.4 Å². The van der Waals surface area contributed by atoms with E-state index in [1.54, 1.807) is 7.11 Å². The van der Waals surface area contributed by atoms with E-state index in [0.29, 0.717) is 19.1 Å². The molecule has 1 fully saturated rings. The van der Waals surface area contributed by atoms with Crippen LogP contribution in [0.3, 0.4) is 0 Å². The number of nitrogens with zero attached hydrogens (tertiary/aromatic N) is 2. The lowest BCUT2D eigenvalue weighted by Crippen LogP contribution is -2.44. The van der Waals surface area contributed by atoms with Gasteiger partial charge in [0.1, 0.15) is 5.75 Å². The molecule has 0 aliphatic carbocycles. The molecule has 0 amide bonds. The van der Waals surface area contributed by atoms with Crippen LogP contribution >= 0.6 is 7.92 Å². The van der Waals surface area contributed by atoms with Crippen LogP contribution in [-0.4, -0.2) is 67.7 Å². The fourth-order valence-electron chi connectivity index (χ4n) is 4.92. The first-order valence-electron chi connectivity index (χ1n) is 12.0. The summed E-state index contributed by atoms with van der Waals surface area (Å²) in [6.45, 7) is 3.12. The molecule has 0 unspecified atom stereocenters. The molecule has 4 rings (SSSR count). The molecule has 2 N–H and O–H groups in total. The van der Waals surface area contributed by atoms with Crippen LogP contribution in [0.15, 0.2) is 78.9 Å². The van der Waals surface area contributed by atoms with E-state index in [1.165, 1.54) is 21.6 Å². The van der Waals surface area contributed by atoms with Gasteiger partial charge in [0, 0.05) is 37.5 Å². The molecule has 6 heteroatoms. The van der Waals surface area contributed by atoms with Gasteiger partial charge < -0.3 is 19.8 Å². The van der Waals surface area contributed by atoms with Gasteiger partial charge >= 0.3 is 0 Å². The van der Waals surface area contributed by atoms with Crippen molar-refractivity contribution in [1.29, 1.82) is 0 Å². The number of hydrogen-bond acceptors (Lipinski definition) is 5. The Labute approximate surface area is 204 Å². The second-order valence-corrected chi connectivity index (χ2v) is 10.8. The Bertz CT molecular complexity index is 973. The maximum absolute atomic E-state index is 9.52. The normalized spacial score (nSPS) is 15.9. The van der Waals surface area contributed by atoms with Gasteiger partial charge in [0.25, 0.3) is 0 Å². The van der Waals surface area contributed by atoms with Gasteiger partial charge in [0.2, 0.25) is 0 Å². The van der Waals surface area contributed by atoms with E-state index in [-0.39, 0.29) is 13.2 Å². The van der Waals surface area contributed by atoms with E-state index in [2.05, 4.69) is 88.7 Å². The first-order valence-corrected chi connectivity index (χ1v) is 13.4. The molecule has 0 saturated carbocycles. The van der Waals surface area contributed by atoms with Crippen LogP contribution in [0, 0.1) is 0 Å². The van der Waals surface area contributed by atoms with Crippen LogP contribution in [0.25, 0.3) is 0 Å². The van der Waals surface area contributed by atoms with E-state index in [0.717, 1.165) is 31.7 Å². The molecule has 0 bridgehead atoms. The van der Waals surface area contributed by atoms with Crippen molar-refractivity contribution in [2.45, 2.75) is 18.9 Å². The summed E-state index contributed by atoms with van der Waals surface area (Å²) in [7, 11) is 0.982. The van der Waals surface area contributed by atoms with Gasteiger partial charge in [-0.15, -0.1) is 0 Å². The summed E-state index contributed by atoms with van der Waals surface area (Å²) < 4.78 is 5.94. The average molecular weight is 479 g/mol. The van der Waals surface area contributed by atoms with Gasteiger partial charge in [0.15, 0.2) is 0 Å². The highest BCUT2D eigenvalue weighted by molar-refractivity contribution is 7.80. The summed E-state index contributed by atoms with van der Waals surface area (Å²) in [6, 6.07) is 28.3. The molecule has 180 valence electrons. The van der Waals surface area contributed by atoms with Crippen LogP contribution < -0.4 is 25.6 Å². The highest BCUT2D eigenvalue weighted by atomic mass is 31.1. The minimum absolute atomic E-state index is 0.0972. The highest BCUT2D eigenvalue weighted by Gasteiger charge is 2.32. The number of hydrogen-bond donors (Lipinski definition) is 2. The molecule has 1 aliphatic heterocycles. The van der Waals surface area contributed by atoms with Crippen LogP contribution in [0.5, 0.6) is 5.75 Å². The maximum Gasteiger partial charge on any atom is 0.142 e. The van der Waals surface area contributed by atoms with E-state index in [9.17, 15) is 10.2 Å². The molecule has 5 nitrogen and oxygen atoms in total. The van der Waals surface area contributed by atoms with Gasteiger partial charge in [-0.1, -0.05) is 72.8 Å². The fourth-order valence-corrected chi connectivity index (χ4v) is 7.40. The Morgan fingerprint density at radius 3 is 2.06 bits per heavy atom. The van der Waals surface area contributed by atoms with Crippen molar-refractivity contribution >= 4 is 29.5 Å². The van der Waals surface area contributed by atoms with Crippen molar-refractivity contribution < 1.29 is 14.9 Å². The van der Waals surface area contributed by atoms with Gasteiger partial charge in [-0.2, -0.15) is 0 Å². The second kappa shape index (κ2) is 12.3. The van der Waals surface area contributed by atoms with Crippen molar-refractivity contribution in [3.05, 3.63) is 78.9 Å². The van der Waals surface area contributed by atoms with Gasteiger partial charge in [-0.3, -0.25) is 4.90 Å². The summed E-state index contributed by atoms with van der Waals surface area (Å²) in [5, 5.41) is 23.0. The molecular weight excluding hydrogens is 443 g/mol. The molecule has 1 atom stereocenters. The van der Waals surface area contributed by atoms with E-state index in [4.69, 9.17) is 4.74 Å². The number of benzene rings is 3. The first kappa shape index (κ1) is 24.7. The lowest BCUT2D eigenvalue weighted by atomic mass is 10.1. The Kier molecular flexibility index (Phi) is 8.95. The SMILES string of the molecule is COc1cccc(P(c2ccccc2)c2ccccc2)c1N1CCC[C@H]1CN(CCO)CCO. The number of methoxy groups -OCH3 is 1. The van der Waals surface area contributed by atoms with Gasteiger partial charge in [-0.25, -0.2) is 0 Å². The lowest BCUT2D eigenvalue weighted by molar-refractivity contribution is 0.155. The Morgan fingerprint density at radius 1 is 0.882 bits per heavy atom. The molecule has 0 radical (unpaired) electrons. The van der Waals surface area contributed by atoms with Crippen molar-refractivity contribution in [3.8, 4) is 5.75 Å². The number of anilines is 1. The van der Waals surface area contributed by atoms with Crippen molar-refractivity contribution in [2.24, 2.45) is 0 Å². The zero-order valence-electron chi connectivity index (χ0n) is 19.9. The third-order valence-corrected chi connectivity index (χ3v) is 8.90. The number of aliphatic hydroxyl groups excluding tert-OH is 2. The predicted octanol–water partition coefficient (Wildman–Crippen LogP) is 2.71. The van der Waals surface area contributed by atoms with E-state index >= 15 is 0 Å². The topological polar surface area (TPSA) is 56.2 Å². The molecule has 0 spiro atoms. The molecule has 3 aromatic rings. The fraction of sp³-hybridized carbons (Fsp3) is 0.357. The number of rotatable bonds is 11. The minimum Gasteiger partial charge on any atom is -0.495 e. The van der Waals surface area contributed by atoms with Crippen molar-refractivity contribution in [1.82, 2.24) is 4.90 Å². The largest absolute Gasteiger partial charge is 0.495 e. The number of para-hydroxylation sites is 1. The summed E-state index contributed by atoms with van der Waals surface area (Å²) in [5.41, 5.74) is 1.18. The van der Waals surface area contributed by atoms with Crippen LogP contribution in [0.4, 0.5) is 5.69 Å². The summed E-state index contributed by atoms with van der Waals surface area (Å²) in [4.78, 5) is 4.67. The first-order chi connectivity index (χ1) is 16.8. The predicted molar refractivity (Wildman–Crippen MR) is 143 cm³/mol. The quantitative estimate of drug-likeness (QED) is 0.415. The third-order valence-electron chi connectivity index (χ3n) is 6.43. The van der Waals surface area contributed by atoms with Crippen LogP contribution in [0.1, 0.15) is 12.8 Å². The second-order valence-electron chi connectivity index (χ2n) is 8.57. The zero-order chi connectivity index (χ0) is 23.8. The van der Waals surface area contributed by atoms with Crippen LogP contribution in [-0.2, 0) is 0 Å². The smallest absolute Gasteiger partial charge is 0.142 e. The maximum atomic E-state index is 9.52. The minimum atomic E-state index is -0.773. The number of aliphatic hydroxyl groups is 2. The molecular formula is C28H35N2O3P. The summed E-state index contributed by atoms with van der Waals surface area (Å²) in [5.74, 6) is 0.902. The Balaban J connectivity index is 1.79. The zero-order valence-corrected chi connectivity index (χ0v) is 20.8. The third kappa shape index (κ3) is 5.61. The molecule has 3 aromatic carbocycles. The molecule has 1 saturated heterocycles. The molecule has 1 aliphatic rings. The lowest BCUT2D eigenvalue weighted by Gasteiger charge is -2.35. The summed E-state index contributed by atoms with van der Waals surface area (Å²) >= 11 is 0. The van der Waals surface area contributed by atoms with E-state index < -0.39 is 7.92 Å². The standard InChI is InChI=1S/C28H35N2O3P/c1-33-26-15-8-16-27(34(24-11-4-2-5-12-24)25-13-6-3-7-14-25)28(26)30-17-9-10-23(30)22-29(18-20-31)19-21-32/h2-8,11-16,23,31-32H,9-10,17-22H2,1H3/t23-/m0/s1. The van der Waals surface area contributed by atoms with E-state index in [1.807, 2.05) is 0 Å². The Morgan fingerprint density at radius 2 is 1.50 bits per heavy atom. The monoisotopic (exact) mass is 478 g/mol. The number of ether oxygens (including phenoxy) is 1. The van der Waals surface area contributed by atoms with Crippen molar-refractivity contribution in [3.63, 3.8) is 0 Å². The summed E-state index contributed by atoms with van der Waals surface area (Å²) in [6.07, 6.45) is 2.20.